The van der Waals surface area contributed by atoms with Crippen LogP contribution in [-0.2, 0) is 6.54 Å². The Labute approximate surface area is 112 Å². The van der Waals surface area contributed by atoms with Gasteiger partial charge in [-0.2, -0.15) is 17.7 Å². The molecule has 1 heterocycles. The molecule has 0 aliphatic heterocycles. The third-order valence-corrected chi connectivity index (χ3v) is 3.74. The van der Waals surface area contributed by atoms with Crippen LogP contribution in [0.15, 0.2) is 36.5 Å². The zero-order chi connectivity index (χ0) is 12.3. The molecular formula is C13H15ClN2S. The van der Waals surface area contributed by atoms with Crippen LogP contribution in [0, 0.1) is 6.92 Å². The third-order valence-electron chi connectivity index (χ3n) is 2.93. The molecule has 2 aromatic rings. The molecule has 0 N–H and O–H groups in total. The van der Waals surface area contributed by atoms with Crippen LogP contribution < -0.4 is 0 Å². The van der Waals surface area contributed by atoms with Crippen molar-refractivity contribution in [2.24, 2.45) is 0 Å². The lowest BCUT2D eigenvalue weighted by molar-refractivity contribution is 0.537. The lowest BCUT2D eigenvalue weighted by Gasteiger charge is -2.16. The summed E-state index contributed by atoms with van der Waals surface area (Å²) in [6, 6.07) is 10.4. The van der Waals surface area contributed by atoms with Gasteiger partial charge in [-0.05, 0) is 18.2 Å². The predicted molar refractivity (Wildman–Crippen MR) is 75.0 cm³/mol. The minimum atomic E-state index is 0.356. The first-order valence-electron chi connectivity index (χ1n) is 5.56. The van der Waals surface area contributed by atoms with Crippen LogP contribution in [0.3, 0.4) is 0 Å². The van der Waals surface area contributed by atoms with E-state index >= 15 is 0 Å². The maximum absolute atomic E-state index is 6.00. The smallest absolute Gasteiger partial charge is 0.0814 e. The number of halogens is 1. The van der Waals surface area contributed by atoms with E-state index in [-0.39, 0.29) is 0 Å². The summed E-state index contributed by atoms with van der Waals surface area (Å²) in [6.07, 6.45) is 1.69. The van der Waals surface area contributed by atoms with E-state index in [0.717, 1.165) is 23.0 Å². The second kappa shape index (κ2) is 5.61. The predicted octanol–water partition coefficient (Wildman–Crippen LogP) is 3.56. The number of hydrogen-bond acceptors (Lipinski definition) is 2. The zero-order valence-electron chi connectivity index (χ0n) is 9.68. The molecule has 0 radical (unpaired) electrons. The first kappa shape index (κ1) is 12.5. The van der Waals surface area contributed by atoms with Gasteiger partial charge in [-0.25, -0.2) is 0 Å². The minimum Gasteiger partial charge on any atom is -0.268 e. The van der Waals surface area contributed by atoms with E-state index in [1.54, 1.807) is 6.20 Å². The topological polar surface area (TPSA) is 17.8 Å². The molecule has 0 fully saturated rings. The molecule has 0 saturated heterocycles. The van der Waals surface area contributed by atoms with Crippen molar-refractivity contribution in [2.45, 2.75) is 19.4 Å². The van der Waals surface area contributed by atoms with Gasteiger partial charge in [0.05, 0.1) is 16.9 Å². The molecule has 0 saturated carbocycles. The Morgan fingerprint density at radius 3 is 2.59 bits per heavy atom. The van der Waals surface area contributed by atoms with Gasteiger partial charge in [0, 0.05) is 12.5 Å². The average molecular weight is 267 g/mol. The van der Waals surface area contributed by atoms with Crippen molar-refractivity contribution in [3.05, 3.63) is 52.8 Å². The molecule has 0 aliphatic rings. The van der Waals surface area contributed by atoms with Crippen LogP contribution in [0.2, 0.25) is 5.02 Å². The van der Waals surface area contributed by atoms with Crippen molar-refractivity contribution in [2.75, 3.05) is 5.75 Å². The van der Waals surface area contributed by atoms with E-state index in [1.807, 2.05) is 17.7 Å². The summed E-state index contributed by atoms with van der Waals surface area (Å²) in [5.41, 5.74) is 2.29. The number of aromatic nitrogens is 2. The highest BCUT2D eigenvalue weighted by Crippen LogP contribution is 2.21. The fourth-order valence-corrected chi connectivity index (χ4v) is 2.28. The fourth-order valence-electron chi connectivity index (χ4n) is 1.81. The summed E-state index contributed by atoms with van der Waals surface area (Å²) in [4.78, 5) is 0. The van der Waals surface area contributed by atoms with Gasteiger partial charge in [0.1, 0.15) is 0 Å². The number of nitrogens with zero attached hydrogens (tertiary/aromatic N) is 2. The van der Waals surface area contributed by atoms with E-state index < -0.39 is 0 Å². The molecule has 1 unspecified atom stereocenters. The molecule has 2 nitrogen and oxygen atoms in total. The quantitative estimate of drug-likeness (QED) is 0.838. The fraction of sp³-hybridized carbons (Fsp3) is 0.308. The Bertz CT molecular complexity index is 481. The van der Waals surface area contributed by atoms with Crippen LogP contribution in [0.4, 0.5) is 0 Å². The van der Waals surface area contributed by atoms with Gasteiger partial charge < -0.3 is 0 Å². The first-order chi connectivity index (χ1) is 8.22. The van der Waals surface area contributed by atoms with E-state index in [4.69, 9.17) is 11.6 Å². The molecular weight excluding hydrogens is 252 g/mol. The Morgan fingerprint density at radius 1 is 1.35 bits per heavy atom. The molecule has 1 aromatic heterocycles. The standard InChI is InChI=1S/C13H15ClN2S/c1-10-13(14)7-15-16(10)8-12(9-17)11-5-3-2-4-6-11/h2-7,12,17H,8-9H2,1H3. The summed E-state index contributed by atoms with van der Waals surface area (Å²) in [5.74, 6) is 1.15. The van der Waals surface area contributed by atoms with E-state index in [9.17, 15) is 0 Å². The maximum atomic E-state index is 6.00. The highest BCUT2D eigenvalue weighted by atomic mass is 35.5. The molecule has 17 heavy (non-hydrogen) atoms. The monoisotopic (exact) mass is 266 g/mol. The van der Waals surface area contributed by atoms with Gasteiger partial charge in [-0.3, -0.25) is 4.68 Å². The molecule has 1 atom stereocenters. The van der Waals surface area contributed by atoms with Crippen molar-refractivity contribution >= 4 is 24.2 Å². The highest BCUT2D eigenvalue weighted by molar-refractivity contribution is 7.80. The summed E-state index contributed by atoms with van der Waals surface area (Å²) in [5, 5.41) is 5.00. The van der Waals surface area contributed by atoms with Crippen molar-refractivity contribution < 1.29 is 0 Å². The van der Waals surface area contributed by atoms with E-state index in [1.165, 1.54) is 5.56 Å². The first-order valence-corrected chi connectivity index (χ1v) is 6.57. The lowest BCUT2D eigenvalue weighted by Crippen LogP contribution is -2.13. The van der Waals surface area contributed by atoms with E-state index in [2.05, 4.69) is 42.0 Å². The molecule has 1 aromatic carbocycles. The van der Waals surface area contributed by atoms with Gasteiger partial charge in [-0.15, -0.1) is 0 Å². The highest BCUT2D eigenvalue weighted by Gasteiger charge is 2.13. The summed E-state index contributed by atoms with van der Waals surface area (Å²) in [6.45, 7) is 2.79. The number of thiol groups is 1. The Hall–Kier alpha value is -0.930. The van der Waals surface area contributed by atoms with Gasteiger partial charge in [0.25, 0.3) is 0 Å². The SMILES string of the molecule is Cc1c(Cl)cnn1CC(CS)c1ccccc1. The van der Waals surface area contributed by atoms with Crippen molar-refractivity contribution in [3.8, 4) is 0 Å². The summed E-state index contributed by atoms with van der Waals surface area (Å²) >= 11 is 10.4. The van der Waals surface area contributed by atoms with Crippen LogP contribution in [0.25, 0.3) is 0 Å². The van der Waals surface area contributed by atoms with E-state index in [0.29, 0.717) is 5.92 Å². The van der Waals surface area contributed by atoms with Crippen molar-refractivity contribution in [1.29, 1.82) is 0 Å². The minimum absolute atomic E-state index is 0.356. The van der Waals surface area contributed by atoms with Gasteiger partial charge in [0.2, 0.25) is 0 Å². The van der Waals surface area contributed by atoms with Crippen LogP contribution >= 0.6 is 24.2 Å². The molecule has 0 aliphatic carbocycles. The summed E-state index contributed by atoms with van der Waals surface area (Å²) in [7, 11) is 0. The van der Waals surface area contributed by atoms with Crippen LogP contribution in [0.1, 0.15) is 17.2 Å². The molecule has 0 amide bonds. The maximum Gasteiger partial charge on any atom is 0.0814 e. The second-order valence-electron chi connectivity index (χ2n) is 4.05. The number of benzene rings is 1. The second-order valence-corrected chi connectivity index (χ2v) is 4.82. The van der Waals surface area contributed by atoms with Gasteiger partial charge in [0.15, 0.2) is 0 Å². The summed E-state index contributed by atoms with van der Waals surface area (Å²) < 4.78 is 1.94. The molecule has 0 bridgehead atoms. The molecule has 0 spiro atoms. The van der Waals surface area contributed by atoms with Crippen LogP contribution in [-0.4, -0.2) is 15.5 Å². The van der Waals surface area contributed by atoms with Crippen molar-refractivity contribution in [1.82, 2.24) is 9.78 Å². The molecule has 90 valence electrons. The Morgan fingerprint density at radius 2 is 2.06 bits per heavy atom. The lowest BCUT2D eigenvalue weighted by atomic mass is 10.0. The Kier molecular flexibility index (Phi) is 4.13. The molecule has 4 heteroatoms. The molecule has 2 rings (SSSR count). The largest absolute Gasteiger partial charge is 0.268 e. The number of rotatable bonds is 4. The average Bonchev–Trinajstić information content (AvgIpc) is 2.68. The van der Waals surface area contributed by atoms with Crippen molar-refractivity contribution in [3.63, 3.8) is 0 Å². The Balaban J connectivity index is 2.19. The normalized spacial score (nSPS) is 12.6. The van der Waals surface area contributed by atoms with Gasteiger partial charge >= 0.3 is 0 Å². The zero-order valence-corrected chi connectivity index (χ0v) is 11.3. The third kappa shape index (κ3) is 2.85. The van der Waals surface area contributed by atoms with Gasteiger partial charge in [-0.1, -0.05) is 41.9 Å². The van der Waals surface area contributed by atoms with Crippen LogP contribution in [0.5, 0.6) is 0 Å². The number of hydrogen-bond donors (Lipinski definition) is 1.